The molecule has 0 bridgehead atoms. The molecule has 1 saturated carbocycles. The van der Waals surface area contributed by atoms with Crippen LogP contribution in [0.2, 0.25) is 0 Å². The molecular formula is C18H22N2O. The Balaban J connectivity index is 1.89. The summed E-state index contributed by atoms with van der Waals surface area (Å²) in [5, 5.41) is 0. The Kier molecular flexibility index (Phi) is 4.00. The van der Waals surface area contributed by atoms with Gasteiger partial charge in [-0.3, -0.25) is 0 Å². The number of para-hydroxylation sites is 1. The number of hydrogen-bond acceptors (Lipinski definition) is 3. The SMILES string of the molecule is CCOc1cccc(N(Cc2ccccc2)C2CC2)c1N. The van der Waals surface area contributed by atoms with E-state index in [4.69, 9.17) is 10.5 Å². The van der Waals surface area contributed by atoms with Crippen LogP contribution in [0.3, 0.4) is 0 Å². The molecule has 3 heteroatoms. The maximum atomic E-state index is 6.32. The summed E-state index contributed by atoms with van der Waals surface area (Å²) in [4.78, 5) is 2.41. The second-order valence-electron chi connectivity index (χ2n) is 5.47. The van der Waals surface area contributed by atoms with Crippen molar-refractivity contribution in [1.29, 1.82) is 0 Å². The Hall–Kier alpha value is -2.16. The molecule has 3 nitrogen and oxygen atoms in total. The number of hydrogen-bond donors (Lipinski definition) is 1. The van der Waals surface area contributed by atoms with E-state index in [1.165, 1.54) is 18.4 Å². The molecule has 0 atom stereocenters. The molecule has 2 aromatic carbocycles. The van der Waals surface area contributed by atoms with E-state index >= 15 is 0 Å². The molecule has 21 heavy (non-hydrogen) atoms. The van der Waals surface area contributed by atoms with Crippen molar-refractivity contribution in [2.45, 2.75) is 32.4 Å². The smallest absolute Gasteiger partial charge is 0.144 e. The predicted molar refractivity (Wildman–Crippen MR) is 87.7 cm³/mol. The fraction of sp³-hybridized carbons (Fsp3) is 0.333. The third kappa shape index (κ3) is 3.13. The monoisotopic (exact) mass is 282 g/mol. The molecule has 1 aliphatic carbocycles. The quantitative estimate of drug-likeness (QED) is 0.818. The molecule has 110 valence electrons. The maximum Gasteiger partial charge on any atom is 0.144 e. The van der Waals surface area contributed by atoms with Crippen LogP contribution in [0.15, 0.2) is 48.5 Å². The van der Waals surface area contributed by atoms with E-state index in [0.29, 0.717) is 12.6 Å². The predicted octanol–water partition coefficient (Wildman–Crippen LogP) is 3.84. The van der Waals surface area contributed by atoms with E-state index in [9.17, 15) is 0 Å². The number of nitrogens with two attached hydrogens (primary N) is 1. The van der Waals surface area contributed by atoms with Gasteiger partial charge in [0.05, 0.1) is 18.0 Å². The normalized spacial score (nSPS) is 14.0. The molecule has 1 aliphatic rings. The number of nitrogens with zero attached hydrogens (tertiary/aromatic N) is 1. The zero-order chi connectivity index (χ0) is 14.7. The molecule has 2 N–H and O–H groups in total. The van der Waals surface area contributed by atoms with E-state index in [0.717, 1.165) is 23.7 Å². The highest BCUT2D eigenvalue weighted by Crippen LogP contribution is 2.39. The number of benzene rings is 2. The summed E-state index contributed by atoms with van der Waals surface area (Å²) in [6.07, 6.45) is 2.48. The number of ether oxygens (including phenoxy) is 1. The van der Waals surface area contributed by atoms with Crippen LogP contribution in [0.1, 0.15) is 25.3 Å². The van der Waals surface area contributed by atoms with Gasteiger partial charge in [-0.2, -0.15) is 0 Å². The van der Waals surface area contributed by atoms with Gasteiger partial charge in [-0.05, 0) is 37.5 Å². The Labute approximate surface area is 126 Å². The minimum atomic E-state index is 0.601. The van der Waals surface area contributed by atoms with Crippen LogP contribution in [0.5, 0.6) is 5.75 Å². The average Bonchev–Trinajstić information content (AvgIpc) is 3.33. The molecule has 0 aliphatic heterocycles. The molecule has 2 aromatic rings. The average molecular weight is 282 g/mol. The third-order valence-corrected chi connectivity index (χ3v) is 3.84. The van der Waals surface area contributed by atoms with Gasteiger partial charge in [0, 0.05) is 12.6 Å². The topological polar surface area (TPSA) is 38.5 Å². The highest BCUT2D eigenvalue weighted by molar-refractivity contribution is 5.74. The third-order valence-electron chi connectivity index (χ3n) is 3.84. The van der Waals surface area contributed by atoms with Crippen molar-refractivity contribution in [2.75, 3.05) is 17.2 Å². The van der Waals surface area contributed by atoms with Crippen LogP contribution in [0, 0.1) is 0 Å². The van der Waals surface area contributed by atoms with Crippen molar-refractivity contribution < 1.29 is 4.74 Å². The largest absolute Gasteiger partial charge is 0.492 e. The van der Waals surface area contributed by atoms with E-state index in [-0.39, 0.29) is 0 Å². The number of anilines is 2. The maximum absolute atomic E-state index is 6.32. The van der Waals surface area contributed by atoms with Crippen LogP contribution in [-0.2, 0) is 6.54 Å². The van der Waals surface area contributed by atoms with Crippen molar-refractivity contribution >= 4 is 11.4 Å². The molecule has 0 spiro atoms. The molecule has 0 amide bonds. The van der Waals surface area contributed by atoms with Crippen molar-refractivity contribution in [1.82, 2.24) is 0 Å². The van der Waals surface area contributed by atoms with Gasteiger partial charge >= 0.3 is 0 Å². The van der Waals surface area contributed by atoms with Crippen LogP contribution in [0.4, 0.5) is 11.4 Å². The molecule has 3 rings (SSSR count). The fourth-order valence-corrected chi connectivity index (χ4v) is 2.64. The zero-order valence-electron chi connectivity index (χ0n) is 12.5. The molecule has 1 fully saturated rings. The summed E-state index contributed by atoms with van der Waals surface area (Å²) in [7, 11) is 0. The minimum Gasteiger partial charge on any atom is -0.492 e. The van der Waals surface area contributed by atoms with Crippen molar-refractivity contribution in [3.05, 3.63) is 54.1 Å². The molecule has 0 radical (unpaired) electrons. The van der Waals surface area contributed by atoms with Gasteiger partial charge < -0.3 is 15.4 Å². The van der Waals surface area contributed by atoms with Crippen LogP contribution >= 0.6 is 0 Å². The van der Waals surface area contributed by atoms with E-state index < -0.39 is 0 Å². The number of nitrogen functional groups attached to an aromatic ring is 1. The summed E-state index contributed by atoms with van der Waals surface area (Å²) in [5.74, 6) is 0.786. The van der Waals surface area contributed by atoms with Gasteiger partial charge in [-0.15, -0.1) is 0 Å². The van der Waals surface area contributed by atoms with E-state index in [2.05, 4.69) is 41.3 Å². The zero-order valence-corrected chi connectivity index (χ0v) is 12.5. The van der Waals surface area contributed by atoms with Crippen LogP contribution in [0.25, 0.3) is 0 Å². The summed E-state index contributed by atoms with van der Waals surface area (Å²) < 4.78 is 5.63. The van der Waals surface area contributed by atoms with Crippen LogP contribution < -0.4 is 15.4 Å². The first-order chi connectivity index (χ1) is 10.3. The summed E-state index contributed by atoms with van der Waals surface area (Å²) in [6, 6.07) is 17.2. The summed E-state index contributed by atoms with van der Waals surface area (Å²) in [5.41, 5.74) is 9.48. The highest BCUT2D eigenvalue weighted by Gasteiger charge is 2.30. The lowest BCUT2D eigenvalue weighted by molar-refractivity contribution is 0.342. The lowest BCUT2D eigenvalue weighted by Gasteiger charge is -2.27. The first kappa shape index (κ1) is 13.8. The molecule has 0 heterocycles. The summed E-state index contributed by atoms with van der Waals surface area (Å²) in [6.45, 7) is 3.51. The molecule has 0 saturated heterocycles. The molecule has 0 aromatic heterocycles. The second kappa shape index (κ2) is 6.08. The van der Waals surface area contributed by atoms with Gasteiger partial charge in [0.15, 0.2) is 0 Å². The van der Waals surface area contributed by atoms with E-state index in [1.54, 1.807) is 0 Å². The van der Waals surface area contributed by atoms with Gasteiger partial charge in [-0.25, -0.2) is 0 Å². The molecule has 0 unspecified atom stereocenters. The van der Waals surface area contributed by atoms with Gasteiger partial charge in [0.2, 0.25) is 0 Å². The standard InChI is InChI=1S/C18H22N2O/c1-2-21-17-10-6-9-16(18(17)19)20(15-11-12-15)13-14-7-4-3-5-8-14/h3-10,15H,2,11-13,19H2,1H3. The fourth-order valence-electron chi connectivity index (χ4n) is 2.64. The van der Waals surface area contributed by atoms with Crippen molar-refractivity contribution in [3.63, 3.8) is 0 Å². The number of rotatable bonds is 6. The van der Waals surface area contributed by atoms with Gasteiger partial charge in [0.25, 0.3) is 0 Å². The Morgan fingerprint density at radius 2 is 1.86 bits per heavy atom. The Morgan fingerprint density at radius 1 is 1.10 bits per heavy atom. The Bertz CT molecular complexity index is 593. The van der Waals surface area contributed by atoms with Crippen molar-refractivity contribution in [3.8, 4) is 5.75 Å². The van der Waals surface area contributed by atoms with Gasteiger partial charge in [0.1, 0.15) is 5.75 Å². The summed E-state index contributed by atoms with van der Waals surface area (Å²) >= 11 is 0. The lowest BCUT2D eigenvalue weighted by Crippen LogP contribution is -2.26. The highest BCUT2D eigenvalue weighted by atomic mass is 16.5. The Morgan fingerprint density at radius 3 is 2.52 bits per heavy atom. The minimum absolute atomic E-state index is 0.601. The lowest BCUT2D eigenvalue weighted by atomic mass is 10.1. The first-order valence-corrected chi connectivity index (χ1v) is 7.61. The van der Waals surface area contributed by atoms with Crippen molar-refractivity contribution in [2.24, 2.45) is 0 Å². The first-order valence-electron chi connectivity index (χ1n) is 7.61. The second-order valence-corrected chi connectivity index (χ2v) is 5.47. The van der Waals surface area contributed by atoms with Crippen LogP contribution in [-0.4, -0.2) is 12.6 Å². The van der Waals surface area contributed by atoms with Gasteiger partial charge in [-0.1, -0.05) is 36.4 Å². The molecular weight excluding hydrogens is 260 g/mol. The van der Waals surface area contributed by atoms with E-state index in [1.807, 2.05) is 19.1 Å².